The SMILES string of the molecule is COc1ccc(-c2cn3cccc(C)c3n2)cc1NS(C)(=O)=O. The number of aryl methyl sites for hydroxylation is 1. The summed E-state index contributed by atoms with van der Waals surface area (Å²) in [6.07, 6.45) is 4.94. The van der Waals surface area contributed by atoms with Crippen LogP contribution in [0, 0.1) is 6.92 Å². The third-order valence-electron chi connectivity index (χ3n) is 3.47. The van der Waals surface area contributed by atoms with Crippen molar-refractivity contribution in [2.24, 2.45) is 0 Å². The molecule has 120 valence electrons. The quantitative estimate of drug-likeness (QED) is 0.798. The fourth-order valence-electron chi connectivity index (χ4n) is 2.44. The van der Waals surface area contributed by atoms with Gasteiger partial charge in [0.2, 0.25) is 10.0 Å². The molecule has 0 radical (unpaired) electrons. The van der Waals surface area contributed by atoms with E-state index in [2.05, 4.69) is 9.71 Å². The Morgan fingerprint density at radius 2 is 2.04 bits per heavy atom. The molecule has 2 heterocycles. The van der Waals surface area contributed by atoms with E-state index in [1.807, 2.05) is 41.9 Å². The van der Waals surface area contributed by atoms with E-state index in [0.717, 1.165) is 28.7 Å². The lowest BCUT2D eigenvalue weighted by molar-refractivity contribution is 0.417. The van der Waals surface area contributed by atoms with Gasteiger partial charge in [0, 0.05) is 18.0 Å². The zero-order valence-electron chi connectivity index (χ0n) is 13.1. The molecule has 2 aromatic heterocycles. The summed E-state index contributed by atoms with van der Waals surface area (Å²) in [6, 6.07) is 9.25. The Morgan fingerprint density at radius 1 is 1.26 bits per heavy atom. The first-order chi connectivity index (χ1) is 10.9. The minimum absolute atomic E-state index is 0.390. The molecule has 0 saturated carbocycles. The van der Waals surface area contributed by atoms with Gasteiger partial charge in [-0.3, -0.25) is 4.72 Å². The maximum absolute atomic E-state index is 11.5. The second-order valence-electron chi connectivity index (χ2n) is 5.34. The second kappa shape index (κ2) is 5.58. The summed E-state index contributed by atoms with van der Waals surface area (Å²) in [5.74, 6) is 0.458. The van der Waals surface area contributed by atoms with E-state index < -0.39 is 10.0 Å². The summed E-state index contributed by atoms with van der Waals surface area (Å²) in [5.41, 5.74) is 3.90. The molecule has 3 rings (SSSR count). The first-order valence-corrected chi connectivity index (χ1v) is 8.87. The highest BCUT2D eigenvalue weighted by atomic mass is 32.2. The third-order valence-corrected chi connectivity index (χ3v) is 4.06. The maximum Gasteiger partial charge on any atom is 0.229 e. The molecule has 0 unspecified atom stereocenters. The molecule has 6 nitrogen and oxygen atoms in total. The summed E-state index contributed by atoms with van der Waals surface area (Å²) in [6.45, 7) is 2.00. The Labute approximate surface area is 134 Å². The number of nitrogens with one attached hydrogen (secondary N) is 1. The van der Waals surface area contributed by atoms with Crippen LogP contribution in [0.4, 0.5) is 5.69 Å². The lowest BCUT2D eigenvalue weighted by atomic mass is 10.1. The monoisotopic (exact) mass is 331 g/mol. The summed E-state index contributed by atoms with van der Waals surface area (Å²) in [5, 5.41) is 0. The van der Waals surface area contributed by atoms with Crippen LogP contribution in [-0.2, 0) is 10.0 Å². The average Bonchev–Trinajstić information content (AvgIpc) is 2.91. The van der Waals surface area contributed by atoms with E-state index in [0.29, 0.717) is 11.4 Å². The van der Waals surface area contributed by atoms with Crippen LogP contribution in [0.15, 0.2) is 42.7 Å². The van der Waals surface area contributed by atoms with Crippen molar-refractivity contribution in [3.05, 3.63) is 48.3 Å². The lowest BCUT2D eigenvalue weighted by Crippen LogP contribution is -2.10. The topological polar surface area (TPSA) is 72.7 Å². The minimum atomic E-state index is -3.40. The second-order valence-corrected chi connectivity index (χ2v) is 7.09. The van der Waals surface area contributed by atoms with Crippen LogP contribution in [0.1, 0.15) is 5.56 Å². The van der Waals surface area contributed by atoms with Gasteiger partial charge in [0.25, 0.3) is 0 Å². The van der Waals surface area contributed by atoms with Gasteiger partial charge >= 0.3 is 0 Å². The van der Waals surface area contributed by atoms with Gasteiger partial charge in [-0.2, -0.15) is 0 Å². The van der Waals surface area contributed by atoms with Crippen LogP contribution in [0.25, 0.3) is 16.9 Å². The first-order valence-electron chi connectivity index (χ1n) is 6.98. The van der Waals surface area contributed by atoms with E-state index in [-0.39, 0.29) is 0 Å². The molecule has 1 aromatic carbocycles. The predicted octanol–water partition coefficient (Wildman–Crippen LogP) is 2.69. The lowest BCUT2D eigenvalue weighted by Gasteiger charge is -2.10. The minimum Gasteiger partial charge on any atom is -0.495 e. The molecule has 0 saturated heterocycles. The molecule has 0 atom stereocenters. The first kappa shape index (κ1) is 15.4. The van der Waals surface area contributed by atoms with Crippen LogP contribution < -0.4 is 9.46 Å². The van der Waals surface area contributed by atoms with Crippen LogP contribution in [0.2, 0.25) is 0 Å². The number of rotatable bonds is 4. The number of anilines is 1. The molecular weight excluding hydrogens is 314 g/mol. The highest BCUT2D eigenvalue weighted by Crippen LogP contribution is 2.31. The van der Waals surface area contributed by atoms with Gasteiger partial charge in [0.1, 0.15) is 11.4 Å². The maximum atomic E-state index is 11.5. The number of sulfonamides is 1. The molecule has 0 aliphatic carbocycles. The Morgan fingerprint density at radius 3 is 2.70 bits per heavy atom. The van der Waals surface area contributed by atoms with Crippen molar-refractivity contribution < 1.29 is 13.2 Å². The molecule has 0 amide bonds. The molecule has 0 aliphatic heterocycles. The highest BCUT2D eigenvalue weighted by molar-refractivity contribution is 7.92. The van der Waals surface area contributed by atoms with Crippen LogP contribution in [-0.4, -0.2) is 31.2 Å². The van der Waals surface area contributed by atoms with Crippen LogP contribution >= 0.6 is 0 Å². The van der Waals surface area contributed by atoms with Crippen molar-refractivity contribution in [3.8, 4) is 17.0 Å². The van der Waals surface area contributed by atoms with Gasteiger partial charge in [-0.05, 0) is 36.8 Å². The standard InChI is InChI=1S/C16H17N3O3S/c1-11-5-4-8-19-10-14(17-16(11)19)12-6-7-15(22-2)13(9-12)18-23(3,20)21/h4-10,18H,1-3H3. The summed E-state index contributed by atoms with van der Waals surface area (Å²) >= 11 is 0. The summed E-state index contributed by atoms with van der Waals surface area (Å²) in [7, 11) is -1.90. The number of methoxy groups -OCH3 is 1. The van der Waals surface area contributed by atoms with Gasteiger partial charge in [-0.25, -0.2) is 13.4 Å². The molecule has 0 aliphatic rings. The normalized spacial score (nSPS) is 11.6. The molecule has 0 spiro atoms. The average molecular weight is 331 g/mol. The third kappa shape index (κ3) is 3.14. The van der Waals surface area contributed by atoms with Gasteiger partial charge < -0.3 is 9.14 Å². The van der Waals surface area contributed by atoms with Crippen molar-refractivity contribution in [1.82, 2.24) is 9.38 Å². The van der Waals surface area contributed by atoms with Crippen LogP contribution in [0.3, 0.4) is 0 Å². The van der Waals surface area contributed by atoms with E-state index >= 15 is 0 Å². The van der Waals surface area contributed by atoms with Crippen molar-refractivity contribution in [2.75, 3.05) is 18.1 Å². The smallest absolute Gasteiger partial charge is 0.229 e. The Bertz CT molecular complexity index is 977. The number of ether oxygens (including phenoxy) is 1. The van der Waals surface area contributed by atoms with E-state index in [1.54, 1.807) is 12.1 Å². The fraction of sp³-hybridized carbons (Fsp3) is 0.188. The predicted molar refractivity (Wildman–Crippen MR) is 90.4 cm³/mol. The van der Waals surface area contributed by atoms with Crippen molar-refractivity contribution in [1.29, 1.82) is 0 Å². The van der Waals surface area contributed by atoms with Crippen molar-refractivity contribution in [3.63, 3.8) is 0 Å². The van der Waals surface area contributed by atoms with Gasteiger partial charge in [-0.1, -0.05) is 6.07 Å². The Balaban J connectivity index is 2.11. The van der Waals surface area contributed by atoms with Gasteiger partial charge in [0.05, 0.1) is 24.7 Å². The van der Waals surface area contributed by atoms with Crippen LogP contribution in [0.5, 0.6) is 5.75 Å². The number of aromatic nitrogens is 2. The number of fused-ring (bicyclic) bond motifs is 1. The zero-order chi connectivity index (χ0) is 16.6. The molecule has 23 heavy (non-hydrogen) atoms. The molecular formula is C16H17N3O3S. The van der Waals surface area contributed by atoms with E-state index in [1.165, 1.54) is 7.11 Å². The van der Waals surface area contributed by atoms with Crippen molar-refractivity contribution in [2.45, 2.75) is 6.92 Å². The summed E-state index contributed by atoms with van der Waals surface area (Å²) in [4.78, 5) is 4.62. The zero-order valence-corrected chi connectivity index (χ0v) is 13.9. The Kier molecular flexibility index (Phi) is 3.73. The molecule has 7 heteroatoms. The number of hydrogen-bond donors (Lipinski definition) is 1. The number of benzene rings is 1. The van der Waals surface area contributed by atoms with Gasteiger partial charge in [-0.15, -0.1) is 0 Å². The highest BCUT2D eigenvalue weighted by Gasteiger charge is 2.12. The molecule has 1 N–H and O–H groups in total. The number of imidazole rings is 1. The molecule has 0 bridgehead atoms. The Hall–Kier alpha value is -2.54. The number of nitrogens with zero attached hydrogens (tertiary/aromatic N) is 2. The van der Waals surface area contributed by atoms with Gasteiger partial charge in [0.15, 0.2) is 0 Å². The fourth-order valence-corrected chi connectivity index (χ4v) is 3.00. The van der Waals surface area contributed by atoms with Crippen molar-refractivity contribution >= 4 is 21.4 Å². The number of pyridine rings is 1. The van der Waals surface area contributed by atoms with E-state index in [4.69, 9.17) is 4.74 Å². The molecule has 3 aromatic rings. The summed E-state index contributed by atoms with van der Waals surface area (Å²) < 4.78 is 32.7. The number of hydrogen-bond acceptors (Lipinski definition) is 4. The largest absolute Gasteiger partial charge is 0.495 e. The molecule has 0 fully saturated rings. The van der Waals surface area contributed by atoms with E-state index in [9.17, 15) is 8.42 Å².